The first kappa shape index (κ1) is 13.9. The molecule has 2 aliphatic heterocycles. The van der Waals surface area contributed by atoms with Gasteiger partial charge in [0.2, 0.25) is 0 Å². The molecule has 2 saturated heterocycles. The normalized spacial score (nSPS) is 23.7. The largest absolute Gasteiger partial charge is 0.357 e. The molecule has 110 valence electrons. The molecule has 3 heteroatoms. The third-order valence-corrected chi connectivity index (χ3v) is 4.80. The van der Waals surface area contributed by atoms with Crippen molar-refractivity contribution in [3.8, 4) is 0 Å². The molecule has 2 fully saturated rings. The van der Waals surface area contributed by atoms with E-state index in [2.05, 4.69) is 35.9 Å². The van der Waals surface area contributed by atoms with Crippen LogP contribution in [0.15, 0.2) is 12.3 Å². The Labute approximate surface area is 123 Å². The Hall–Kier alpha value is -1.09. The van der Waals surface area contributed by atoms with Crippen LogP contribution >= 0.6 is 0 Å². The highest BCUT2D eigenvalue weighted by molar-refractivity contribution is 5.45. The second-order valence-electron chi connectivity index (χ2n) is 6.29. The summed E-state index contributed by atoms with van der Waals surface area (Å²) in [6.07, 6.45) is 8.66. The Morgan fingerprint density at radius 2 is 2.00 bits per heavy atom. The standard InChI is InChI=1S/C17H27N3/c1-3-8-19-11-6-7-16(19)15-13-18-17(12-14(15)2)20-9-4-5-10-20/h12-13,16H,3-11H2,1-2H3. The minimum Gasteiger partial charge on any atom is -0.357 e. The van der Waals surface area contributed by atoms with E-state index in [9.17, 15) is 0 Å². The molecule has 0 spiro atoms. The number of hydrogen-bond donors (Lipinski definition) is 0. The molecule has 0 aromatic carbocycles. The van der Waals surface area contributed by atoms with E-state index in [0.29, 0.717) is 6.04 Å². The molecule has 3 rings (SSSR count). The van der Waals surface area contributed by atoms with Crippen LogP contribution in [0.4, 0.5) is 5.82 Å². The molecule has 1 atom stereocenters. The van der Waals surface area contributed by atoms with E-state index >= 15 is 0 Å². The molecule has 1 aromatic rings. The van der Waals surface area contributed by atoms with Gasteiger partial charge in [-0.1, -0.05) is 6.92 Å². The smallest absolute Gasteiger partial charge is 0.128 e. The number of aryl methyl sites for hydroxylation is 1. The third-order valence-electron chi connectivity index (χ3n) is 4.80. The number of pyridine rings is 1. The van der Waals surface area contributed by atoms with Crippen molar-refractivity contribution in [1.82, 2.24) is 9.88 Å². The topological polar surface area (TPSA) is 19.4 Å². The van der Waals surface area contributed by atoms with E-state index < -0.39 is 0 Å². The zero-order valence-electron chi connectivity index (χ0n) is 12.9. The molecule has 1 unspecified atom stereocenters. The molecule has 0 saturated carbocycles. The Balaban J connectivity index is 1.79. The van der Waals surface area contributed by atoms with Gasteiger partial charge in [-0.25, -0.2) is 4.98 Å². The number of aromatic nitrogens is 1. The number of rotatable bonds is 4. The first-order chi connectivity index (χ1) is 9.79. The van der Waals surface area contributed by atoms with Gasteiger partial charge in [0, 0.05) is 25.3 Å². The lowest BCUT2D eigenvalue weighted by Crippen LogP contribution is -2.25. The fourth-order valence-electron chi connectivity index (χ4n) is 3.75. The maximum atomic E-state index is 4.76. The maximum absolute atomic E-state index is 4.76. The molecular weight excluding hydrogens is 246 g/mol. The second-order valence-corrected chi connectivity index (χ2v) is 6.29. The summed E-state index contributed by atoms with van der Waals surface area (Å²) in [7, 11) is 0. The fraction of sp³-hybridized carbons (Fsp3) is 0.706. The van der Waals surface area contributed by atoms with Crippen molar-refractivity contribution in [3.63, 3.8) is 0 Å². The lowest BCUT2D eigenvalue weighted by Gasteiger charge is -2.26. The van der Waals surface area contributed by atoms with Gasteiger partial charge in [-0.2, -0.15) is 0 Å². The lowest BCUT2D eigenvalue weighted by molar-refractivity contribution is 0.257. The van der Waals surface area contributed by atoms with Crippen molar-refractivity contribution in [1.29, 1.82) is 0 Å². The Morgan fingerprint density at radius 3 is 2.70 bits per heavy atom. The van der Waals surface area contributed by atoms with Crippen molar-refractivity contribution in [3.05, 3.63) is 23.4 Å². The molecule has 0 bridgehead atoms. The molecule has 3 heterocycles. The number of anilines is 1. The van der Waals surface area contributed by atoms with Gasteiger partial charge in [0.1, 0.15) is 5.82 Å². The van der Waals surface area contributed by atoms with Gasteiger partial charge in [0.15, 0.2) is 0 Å². The molecule has 3 nitrogen and oxygen atoms in total. The highest BCUT2D eigenvalue weighted by Crippen LogP contribution is 2.34. The minimum absolute atomic E-state index is 0.607. The van der Waals surface area contributed by atoms with Gasteiger partial charge in [0.05, 0.1) is 0 Å². The van der Waals surface area contributed by atoms with Crippen LogP contribution in [0.5, 0.6) is 0 Å². The van der Waals surface area contributed by atoms with Gasteiger partial charge in [-0.3, -0.25) is 4.90 Å². The maximum Gasteiger partial charge on any atom is 0.128 e. The predicted molar refractivity (Wildman–Crippen MR) is 84.3 cm³/mol. The predicted octanol–water partition coefficient (Wildman–Crippen LogP) is 3.54. The summed E-state index contributed by atoms with van der Waals surface area (Å²) >= 11 is 0. The van der Waals surface area contributed by atoms with Gasteiger partial charge in [-0.15, -0.1) is 0 Å². The molecule has 0 aliphatic carbocycles. The van der Waals surface area contributed by atoms with E-state index in [1.165, 1.54) is 75.2 Å². The van der Waals surface area contributed by atoms with Crippen molar-refractivity contribution >= 4 is 5.82 Å². The zero-order chi connectivity index (χ0) is 13.9. The van der Waals surface area contributed by atoms with Crippen molar-refractivity contribution < 1.29 is 0 Å². The molecule has 0 N–H and O–H groups in total. The summed E-state index contributed by atoms with van der Waals surface area (Å²) in [4.78, 5) is 9.82. The average molecular weight is 273 g/mol. The van der Waals surface area contributed by atoms with Crippen LogP contribution < -0.4 is 4.90 Å². The van der Waals surface area contributed by atoms with Crippen LogP contribution in [0.1, 0.15) is 56.2 Å². The molecule has 0 radical (unpaired) electrons. The SMILES string of the molecule is CCCN1CCCC1c1cnc(N2CCCC2)cc1C. The van der Waals surface area contributed by atoms with E-state index in [-0.39, 0.29) is 0 Å². The van der Waals surface area contributed by atoms with Gasteiger partial charge in [-0.05, 0) is 69.3 Å². The number of hydrogen-bond acceptors (Lipinski definition) is 3. The van der Waals surface area contributed by atoms with E-state index in [0.717, 1.165) is 0 Å². The van der Waals surface area contributed by atoms with E-state index in [4.69, 9.17) is 4.98 Å². The van der Waals surface area contributed by atoms with Crippen LogP contribution in [-0.2, 0) is 0 Å². The summed E-state index contributed by atoms with van der Waals surface area (Å²) in [5, 5.41) is 0. The third kappa shape index (κ3) is 2.69. The summed E-state index contributed by atoms with van der Waals surface area (Å²) < 4.78 is 0. The summed E-state index contributed by atoms with van der Waals surface area (Å²) in [5.74, 6) is 1.18. The molecule has 0 amide bonds. The number of likely N-dealkylation sites (tertiary alicyclic amines) is 1. The van der Waals surface area contributed by atoms with Crippen LogP contribution in [0.3, 0.4) is 0 Å². The zero-order valence-corrected chi connectivity index (χ0v) is 12.9. The summed E-state index contributed by atoms with van der Waals surface area (Å²) in [6, 6.07) is 2.92. The monoisotopic (exact) mass is 273 g/mol. The van der Waals surface area contributed by atoms with E-state index in [1.807, 2.05) is 0 Å². The highest BCUT2D eigenvalue weighted by Gasteiger charge is 2.27. The highest BCUT2D eigenvalue weighted by atomic mass is 15.2. The van der Waals surface area contributed by atoms with Crippen molar-refractivity contribution in [2.24, 2.45) is 0 Å². The molecule has 2 aliphatic rings. The lowest BCUT2D eigenvalue weighted by atomic mass is 10.0. The van der Waals surface area contributed by atoms with Crippen LogP contribution in [0, 0.1) is 6.92 Å². The Kier molecular flexibility index (Phi) is 4.25. The molecule has 1 aromatic heterocycles. The molecular formula is C17H27N3. The van der Waals surface area contributed by atoms with Crippen LogP contribution in [0.2, 0.25) is 0 Å². The van der Waals surface area contributed by atoms with Crippen LogP contribution in [-0.4, -0.2) is 36.1 Å². The van der Waals surface area contributed by atoms with Crippen molar-refractivity contribution in [2.75, 3.05) is 31.1 Å². The summed E-state index contributed by atoms with van der Waals surface area (Å²) in [6.45, 7) is 9.37. The van der Waals surface area contributed by atoms with Gasteiger partial charge < -0.3 is 4.90 Å². The molecule has 20 heavy (non-hydrogen) atoms. The second kappa shape index (κ2) is 6.13. The van der Waals surface area contributed by atoms with Crippen molar-refractivity contribution in [2.45, 2.75) is 52.0 Å². The quantitative estimate of drug-likeness (QED) is 0.836. The Bertz CT molecular complexity index is 452. The summed E-state index contributed by atoms with van der Waals surface area (Å²) in [5.41, 5.74) is 2.88. The number of nitrogens with zero attached hydrogens (tertiary/aromatic N) is 3. The minimum atomic E-state index is 0.607. The van der Waals surface area contributed by atoms with Crippen LogP contribution in [0.25, 0.3) is 0 Å². The first-order valence-electron chi connectivity index (χ1n) is 8.25. The van der Waals surface area contributed by atoms with E-state index in [1.54, 1.807) is 0 Å². The first-order valence-corrected chi connectivity index (χ1v) is 8.25. The van der Waals surface area contributed by atoms with Gasteiger partial charge >= 0.3 is 0 Å². The Morgan fingerprint density at radius 1 is 1.20 bits per heavy atom. The van der Waals surface area contributed by atoms with Gasteiger partial charge in [0.25, 0.3) is 0 Å². The fourth-order valence-corrected chi connectivity index (χ4v) is 3.75. The average Bonchev–Trinajstić information content (AvgIpc) is 3.10.